The number of para-hydroxylation sites is 1. The maximum absolute atomic E-state index is 3.53. The molecule has 0 fully saturated rings. The number of hydrazine groups is 1. The van der Waals surface area contributed by atoms with E-state index in [1.54, 1.807) is 22.7 Å². The highest BCUT2D eigenvalue weighted by Crippen LogP contribution is 2.34. The summed E-state index contributed by atoms with van der Waals surface area (Å²) in [6.07, 6.45) is 6.59. The van der Waals surface area contributed by atoms with Crippen molar-refractivity contribution >= 4 is 34.4 Å². The Morgan fingerprint density at radius 3 is 2.43 bits per heavy atom. The molecule has 1 aromatic carbocycles. The lowest BCUT2D eigenvalue weighted by molar-refractivity contribution is 0.718. The molecule has 1 unspecified atom stereocenters. The molecule has 0 amide bonds. The summed E-state index contributed by atoms with van der Waals surface area (Å²) in [6.45, 7) is 0. The summed E-state index contributed by atoms with van der Waals surface area (Å²) in [5.41, 5.74) is 5.82. The van der Waals surface area contributed by atoms with Crippen molar-refractivity contribution in [1.82, 2.24) is 5.43 Å². The minimum atomic E-state index is 0.223. The molecule has 0 radical (unpaired) electrons. The molecular formula is C19H16N2S2. The van der Waals surface area contributed by atoms with Gasteiger partial charge in [0.1, 0.15) is 6.04 Å². The van der Waals surface area contributed by atoms with Crippen LogP contribution in [0.5, 0.6) is 0 Å². The van der Waals surface area contributed by atoms with Crippen molar-refractivity contribution in [2.45, 2.75) is 6.04 Å². The third kappa shape index (κ3) is 3.09. The smallest absolute Gasteiger partial charge is 0.105 e. The van der Waals surface area contributed by atoms with Crippen molar-refractivity contribution in [3.05, 3.63) is 93.0 Å². The molecule has 0 spiro atoms. The quantitative estimate of drug-likeness (QED) is 0.679. The van der Waals surface area contributed by atoms with Crippen molar-refractivity contribution in [3.8, 4) is 0 Å². The predicted octanol–water partition coefficient (Wildman–Crippen LogP) is 5.47. The van der Waals surface area contributed by atoms with Gasteiger partial charge in [0.15, 0.2) is 0 Å². The van der Waals surface area contributed by atoms with Crippen LogP contribution in [0.1, 0.15) is 15.8 Å². The molecule has 3 aromatic rings. The molecule has 1 aliphatic rings. The Balaban J connectivity index is 1.63. The van der Waals surface area contributed by atoms with Gasteiger partial charge >= 0.3 is 0 Å². The summed E-state index contributed by atoms with van der Waals surface area (Å²) in [5.74, 6) is 0. The molecule has 1 aliphatic heterocycles. The molecule has 1 N–H and O–H groups in total. The normalized spacial score (nSPS) is 17.5. The molecule has 4 rings (SSSR count). The van der Waals surface area contributed by atoms with Crippen molar-refractivity contribution in [2.24, 2.45) is 0 Å². The van der Waals surface area contributed by atoms with Gasteiger partial charge in [-0.15, -0.1) is 22.7 Å². The van der Waals surface area contributed by atoms with Crippen LogP contribution in [0.2, 0.25) is 0 Å². The number of benzene rings is 1. The molecule has 1 atom stereocenters. The fourth-order valence-corrected chi connectivity index (χ4v) is 4.03. The first-order valence-electron chi connectivity index (χ1n) is 7.48. The first-order valence-corrected chi connectivity index (χ1v) is 9.24. The standard InChI is InChI=1S/C19H16N2S2/c1-2-6-16(7-3-1)21-18(19-9-5-13-23-19)14-15(20-21)10-11-17-8-4-12-22-17/h1-14,18,20H. The second-order valence-electron chi connectivity index (χ2n) is 5.25. The van der Waals surface area contributed by atoms with Crippen LogP contribution in [-0.4, -0.2) is 0 Å². The van der Waals surface area contributed by atoms with E-state index in [1.807, 2.05) is 6.07 Å². The number of nitrogens with one attached hydrogen (secondary N) is 1. The van der Waals surface area contributed by atoms with Crippen LogP contribution in [-0.2, 0) is 0 Å². The van der Waals surface area contributed by atoms with Gasteiger partial charge in [-0.3, -0.25) is 10.4 Å². The van der Waals surface area contributed by atoms with E-state index in [0.717, 1.165) is 5.70 Å². The summed E-state index contributed by atoms with van der Waals surface area (Å²) < 4.78 is 0. The highest BCUT2D eigenvalue weighted by Gasteiger charge is 2.26. The maximum Gasteiger partial charge on any atom is 0.105 e. The van der Waals surface area contributed by atoms with E-state index in [9.17, 15) is 0 Å². The van der Waals surface area contributed by atoms with E-state index in [-0.39, 0.29) is 6.04 Å². The summed E-state index contributed by atoms with van der Waals surface area (Å²) in [7, 11) is 0. The third-order valence-electron chi connectivity index (χ3n) is 3.70. The fraction of sp³-hybridized carbons (Fsp3) is 0.0526. The molecule has 2 aromatic heterocycles. The van der Waals surface area contributed by atoms with E-state index >= 15 is 0 Å². The molecule has 4 heteroatoms. The average molecular weight is 336 g/mol. The molecule has 0 aliphatic carbocycles. The van der Waals surface area contributed by atoms with Crippen LogP contribution in [0.25, 0.3) is 6.08 Å². The Labute approximate surface area is 144 Å². The molecular weight excluding hydrogens is 320 g/mol. The summed E-state index contributed by atoms with van der Waals surface area (Å²) in [4.78, 5) is 2.60. The molecule has 114 valence electrons. The van der Waals surface area contributed by atoms with Crippen LogP contribution < -0.4 is 10.4 Å². The van der Waals surface area contributed by atoms with Crippen LogP contribution in [0, 0.1) is 0 Å². The Morgan fingerprint density at radius 2 is 1.70 bits per heavy atom. The molecule has 3 heterocycles. The zero-order valence-electron chi connectivity index (χ0n) is 12.4. The number of hydrogen-bond donors (Lipinski definition) is 1. The minimum Gasteiger partial charge on any atom is -0.298 e. The second-order valence-corrected chi connectivity index (χ2v) is 7.21. The molecule has 23 heavy (non-hydrogen) atoms. The van der Waals surface area contributed by atoms with Crippen molar-refractivity contribution in [2.75, 3.05) is 5.01 Å². The van der Waals surface area contributed by atoms with Gasteiger partial charge in [0.05, 0.1) is 11.4 Å². The monoisotopic (exact) mass is 336 g/mol. The maximum atomic E-state index is 3.53. The minimum absolute atomic E-state index is 0.223. The van der Waals surface area contributed by atoms with Crippen LogP contribution >= 0.6 is 22.7 Å². The summed E-state index contributed by atoms with van der Waals surface area (Å²) in [6, 6.07) is 19.2. The Kier molecular flexibility index (Phi) is 4.01. The van der Waals surface area contributed by atoms with Crippen LogP contribution in [0.3, 0.4) is 0 Å². The summed E-state index contributed by atoms with van der Waals surface area (Å²) in [5, 5.41) is 6.45. The number of allylic oxidation sites excluding steroid dienone is 1. The molecule has 0 saturated heterocycles. The SMILES string of the molecule is C(=Cc1cccs1)C1=CC(c2cccs2)N(c2ccccc2)N1. The number of rotatable bonds is 4. The topological polar surface area (TPSA) is 15.3 Å². The van der Waals surface area contributed by atoms with Crippen molar-refractivity contribution < 1.29 is 0 Å². The lowest BCUT2D eigenvalue weighted by Crippen LogP contribution is -2.33. The van der Waals surface area contributed by atoms with Gasteiger partial charge in [0, 0.05) is 9.75 Å². The zero-order valence-corrected chi connectivity index (χ0v) is 14.1. The van der Waals surface area contributed by atoms with Gasteiger partial charge < -0.3 is 0 Å². The first kappa shape index (κ1) is 14.3. The van der Waals surface area contributed by atoms with E-state index in [1.165, 1.54) is 15.4 Å². The van der Waals surface area contributed by atoms with E-state index in [4.69, 9.17) is 0 Å². The second kappa shape index (κ2) is 6.44. The van der Waals surface area contributed by atoms with Gasteiger partial charge in [-0.25, -0.2) is 0 Å². The Hall–Kier alpha value is -2.30. The largest absolute Gasteiger partial charge is 0.298 e. The van der Waals surface area contributed by atoms with Crippen molar-refractivity contribution in [3.63, 3.8) is 0 Å². The van der Waals surface area contributed by atoms with Crippen molar-refractivity contribution in [1.29, 1.82) is 0 Å². The molecule has 0 saturated carbocycles. The van der Waals surface area contributed by atoms with E-state index in [2.05, 4.69) is 88.0 Å². The number of thiophene rings is 2. The van der Waals surface area contributed by atoms with Gasteiger partial charge in [-0.2, -0.15) is 0 Å². The highest BCUT2D eigenvalue weighted by atomic mass is 32.1. The van der Waals surface area contributed by atoms with Gasteiger partial charge in [-0.05, 0) is 53.3 Å². The lowest BCUT2D eigenvalue weighted by atomic mass is 10.2. The third-order valence-corrected chi connectivity index (χ3v) is 5.49. The number of anilines is 1. The number of hydrogen-bond acceptors (Lipinski definition) is 4. The number of nitrogens with zero attached hydrogens (tertiary/aromatic N) is 1. The summed E-state index contributed by atoms with van der Waals surface area (Å²) >= 11 is 3.54. The zero-order chi connectivity index (χ0) is 15.5. The molecule has 2 nitrogen and oxygen atoms in total. The average Bonchev–Trinajstić information content (AvgIpc) is 3.33. The van der Waals surface area contributed by atoms with Crippen LogP contribution in [0.4, 0.5) is 5.69 Å². The Morgan fingerprint density at radius 1 is 0.870 bits per heavy atom. The molecule has 0 bridgehead atoms. The van der Waals surface area contributed by atoms with Gasteiger partial charge in [0.25, 0.3) is 0 Å². The van der Waals surface area contributed by atoms with Crippen LogP contribution in [0.15, 0.2) is 83.2 Å². The van der Waals surface area contributed by atoms with E-state index < -0.39 is 0 Å². The van der Waals surface area contributed by atoms with E-state index in [0.29, 0.717) is 0 Å². The Bertz CT molecular complexity index is 802. The first-order chi connectivity index (χ1) is 11.4. The van der Waals surface area contributed by atoms with Gasteiger partial charge in [0.2, 0.25) is 0 Å². The fourth-order valence-electron chi connectivity index (χ4n) is 2.62. The van der Waals surface area contributed by atoms with Gasteiger partial charge in [-0.1, -0.05) is 30.3 Å². The highest BCUT2D eigenvalue weighted by molar-refractivity contribution is 7.10. The predicted molar refractivity (Wildman–Crippen MR) is 101 cm³/mol. The lowest BCUT2D eigenvalue weighted by Gasteiger charge is -2.26.